The van der Waals surface area contributed by atoms with E-state index in [0.29, 0.717) is 24.3 Å². The molecule has 1 aliphatic heterocycles. The molecule has 0 aromatic heterocycles. The molecular formula is C21H23F2N3O2. The average Bonchev–Trinajstić information content (AvgIpc) is 2.70. The smallest absolute Gasteiger partial charge is 0.321 e. The number of carbonyl (C=O) groups excluding carboxylic acids is 2. The molecule has 3 amide bonds. The molecule has 0 saturated carbocycles. The summed E-state index contributed by atoms with van der Waals surface area (Å²) in [4.78, 5) is 27.3. The highest BCUT2D eigenvalue weighted by atomic mass is 19.2. The fourth-order valence-electron chi connectivity index (χ4n) is 3.41. The highest BCUT2D eigenvalue weighted by molar-refractivity contribution is 5.89. The van der Waals surface area contributed by atoms with Gasteiger partial charge in [0.25, 0.3) is 0 Å². The molecular weight excluding hydrogens is 364 g/mol. The Labute approximate surface area is 162 Å². The molecule has 1 fully saturated rings. The van der Waals surface area contributed by atoms with Gasteiger partial charge in [-0.3, -0.25) is 4.79 Å². The van der Waals surface area contributed by atoms with Gasteiger partial charge in [0.05, 0.1) is 0 Å². The number of piperidine rings is 1. The lowest BCUT2D eigenvalue weighted by Crippen LogP contribution is -2.47. The zero-order chi connectivity index (χ0) is 20.3. The maximum Gasteiger partial charge on any atom is 0.321 e. The predicted octanol–water partition coefficient (Wildman–Crippen LogP) is 4.11. The van der Waals surface area contributed by atoms with Crippen molar-refractivity contribution >= 4 is 17.6 Å². The Morgan fingerprint density at radius 2 is 1.71 bits per heavy atom. The van der Waals surface area contributed by atoms with Gasteiger partial charge in [-0.25, -0.2) is 13.6 Å². The van der Waals surface area contributed by atoms with Gasteiger partial charge in [-0.1, -0.05) is 24.3 Å². The van der Waals surface area contributed by atoms with Crippen LogP contribution in [0.4, 0.5) is 19.3 Å². The van der Waals surface area contributed by atoms with E-state index in [1.54, 1.807) is 48.0 Å². The van der Waals surface area contributed by atoms with Gasteiger partial charge in [0, 0.05) is 44.4 Å². The molecule has 7 heteroatoms. The molecule has 28 heavy (non-hydrogen) atoms. The molecule has 0 unspecified atom stereocenters. The second-order valence-corrected chi connectivity index (χ2v) is 6.96. The normalized spacial score (nSPS) is 14.6. The predicted molar refractivity (Wildman–Crippen MR) is 104 cm³/mol. The molecule has 0 radical (unpaired) electrons. The zero-order valence-corrected chi connectivity index (χ0v) is 15.9. The Morgan fingerprint density at radius 3 is 2.32 bits per heavy atom. The molecule has 0 spiro atoms. The van der Waals surface area contributed by atoms with Gasteiger partial charge in [0.15, 0.2) is 11.6 Å². The van der Waals surface area contributed by atoms with Crippen molar-refractivity contribution in [3.8, 4) is 11.1 Å². The molecule has 0 aliphatic carbocycles. The van der Waals surface area contributed by atoms with Crippen LogP contribution in [0.15, 0.2) is 42.5 Å². The van der Waals surface area contributed by atoms with Crippen LogP contribution in [0.5, 0.6) is 0 Å². The number of urea groups is 1. The van der Waals surface area contributed by atoms with Crippen molar-refractivity contribution in [1.82, 2.24) is 9.80 Å². The number of rotatable bonds is 3. The lowest BCUT2D eigenvalue weighted by molar-refractivity contribution is -0.130. The van der Waals surface area contributed by atoms with E-state index in [4.69, 9.17) is 0 Å². The summed E-state index contributed by atoms with van der Waals surface area (Å²) in [5.41, 5.74) is 1.27. The molecule has 1 heterocycles. The van der Waals surface area contributed by atoms with E-state index in [1.165, 1.54) is 12.1 Å². The molecule has 3 rings (SSSR count). The average molecular weight is 387 g/mol. The molecule has 0 atom stereocenters. The Balaban J connectivity index is 1.61. The minimum atomic E-state index is -0.896. The summed E-state index contributed by atoms with van der Waals surface area (Å²) in [6, 6.07) is 10.4. The number of benzene rings is 2. The second kappa shape index (κ2) is 8.37. The number of likely N-dealkylation sites (tertiary alicyclic amines) is 1. The number of nitrogens with zero attached hydrogens (tertiary/aromatic N) is 2. The van der Waals surface area contributed by atoms with E-state index in [2.05, 4.69) is 5.32 Å². The van der Waals surface area contributed by atoms with Gasteiger partial charge in [0.1, 0.15) is 0 Å². The summed E-state index contributed by atoms with van der Waals surface area (Å²) in [7, 11) is 1.74. The van der Waals surface area contributed by atoms with Crippen LogP contribution in [-0.4, -0.2) is 47.9 Å². The van der Waals surface area contributed by atoms with E-state index in [0.717, 1.165) is 18.9 Å². The zero-order valence-electron chi connectivity index (χ0n) is 15.9. The van der Waals surface area contributed by atoms with Crippen LogP contribution in [0, 0.1) is 11.6 Å². The molecule has 5 nitrogen and oxygen atoms in total. The molecule has 2 aromatic rings. The topological polar surface area (TPSA) is 52.7 Å². The standard InChI is InChI=1S/C21H23F2N3O2/c1-14(27)26-12-10-17(11-13-26)25(2)21(28)24-16-8-6-15(7-9-16)18-4-3-5-19(22)20(18)23/h3-9,17H,10-13H2,1-2H3,(H,24,28). The fraction of sp³-hybridized carbons (Fsp3) is 0.333. The number of halogens is 2. The number of amides is 3. The Hall–Kier alpha value is -2.96. The number of anilines is 1. The van der Waals surface area contributed by atoms with Crippen LogP contribution >= 0.6 is 0 Å². The van der Waals surface area contributed by atoms with Gasteiger partial charge in [-0.05, 0) is 36.6 Å². The largest absolute Gasteiger partial charge is 0.343 e. The van der Waals surface area contributed by atoms with Crippen molar-refractivity contribution in [1.29, 1.82) is 0 Å². The SMILES string of the molecule is CC(=O)N1CCC(N(C)C(=O)Nc2ccc(-c3cccc(F)c3F)cc2)CC1. The van der Waals surface area contributed by atoms with Crippen LogP contribution in [0.3, 0.4) is 0 Å². The van der Waals surface area contributed by atoms with Gasteiger partial charge < -0.3 is 15.1 Å². The first kappa shape index (κ1) is 19.8. The van der Waals surface area contributed by atoms with Crippen LogP contribution in [-0.2, 0) is 4.79 Å². The van der Waals surface area contributed by atoms with Gasteiger partial charge in [-0.2, -0.15) is 0 Å². The monoisotopic (exact) mass is 387 g/mol. The lowest BCUT2D eigenvalue weighted by atomic mass is 10.0. The van der Waals surface area contributed by atoms with Gasteiger partial charge in [-0.15, -0.1) is 0 Å². The van der Waals surface area contributed by atoms with Gasteiger partial charge >= 0.3 is 6.03 Å². The summed E-state index contributed by atoms with van der Waals surface area (Å²) in [5, 5.41) is 2.82. The van der Waals surface area contributed by atoms with Crippen molar-refractivity contribution in [2.75, 3.05) is 25.5 Å². The second-order valence-electron chi connectivity index (χ2n) is 6.96. The highest BCUT2D eigenvalue weighted by Crippen LogP contribution is 2.26. The first-order chi connectivity index (χ1) is 13.4. The minimum absolute atomic E-state index is 0.0559. The van der Waals surface area contributed by atoms with Crippen LogP contribution in [0.1, 0.15) is 19.8 Å². The van der Waals surface area contributed by atoms with Crippen LogP contribution in [0.25, 0.3) is 11.1 Å². The first-order valence-electron chi connectivity index (χ1n) is 9.20. The number of hydrogen-bond donors (Lipinski definition) is 1. The van der Waals surface area contributed by atoms with E-state index in [-0.39, 0.29) is 23.5 Å². The molecule has 1 aliphatic rings. The van der Waals surface area contributed by atoms with E-state index in [9.17, 15) is 18.4 Å². The third-order valence-electron chi connectivity index (χ3n) is 5.18. The highest BCUT2D eigenvalue weighted by Gasteiger charge is 2.26. The van der Waals surface area contributed by atoms with Crippen LogP contribution in [0.2, 0.25) is 0 Å². The Bertz CT molecular complexity index is 862. The summed E-state index contributed by atoms with van der Waals surface area (Å²) >= 11 is 0. The Kier molecular flexibility index (Phi) is 5.92. The summed E-state index contributed by atoms with van der Waals surface area (Å²) in [5.74, 6) is -1.73. The summed E-state index contributed by atoms with van der Waals surface area (Å²) < 4.78 is 27.3. The number of nitrogens with one attached hydrogen (secondary N) is 1. The van der Waals surface area contributed by atoms with Crippen molar-refractivity contribution in [3.63, 3.8) is 0 Å². The quantitative estimate of drug-likeness (QED) is 0.862. The minimum Gasteiger partial charge on any atom is -0.343 e. The van der Waals surface area contributed by atoms with E-state index >= 15 is 0 Å². The molecule has 2 aromatic carbocycles. The molecule has 1 saturated heterocycles. The first-order valence-corrected chi connectivity index (χ1v) is 9.20. The maximum atomic E-state index is 13.9. The van der Waals surface area contributed by atoms with E-state index < -0.39 is 11.6 Å². The molecule has 148 valence electrons. The number of carbonyl (C=O) groups is 2. The summed E-state index contributed by atoms with van der Waals surface area (Å²) in [6.07, 6.45) is 1.47. The van der Waals surface area contributed by atoms with E-state index in [1.807, 2.05) is 0 Å². The lowest BCUT2D eigenvalue weighted by Gasteiger charge is -2.36. The van der Waals surface area contributed by atoms with Crippen molar-refractivity contribution in [3.05, 3.63) is 54.1 Å². The maximum absolute atomic E-state index is 13.9. The third-order valence-corrected chi connectivity index (χ3v) is 5.18. The fourth-order valence-corrected chi connectivity index (χ4v) is 3.41. The van der Waals surface area contributed by atoms with Crippen LogP contribution < -0.4 is 5.32 Å². The summed E-state index contributed by atoms with van der Waals surface area (Å²) in [6.45, 7) is 2.84. The molecule has 0 bridgehead atoms. The van der Waals surface area contributed by atoms with Crippen molar-refractivity contribution in [2.45, 2.75) is 25.8 Å². The number of hydrogen-bond acceptors (Lipinski definition) is 2. The molecule has 1 N–H and O–H groups in total. The van der Waals surface area contributed by atoms with Crippen molar-refractivity contribution in [2.24, 2.45) is 0 Å². The van der Waals surface area contributed by atoms with Crippen molar-refractivity contribution < 1.29 is 18.4 Å². The Morgan fingerprint density at radius 1 is 1.07 bits per heavy atom. The van der Waals surface area contributed by atoms with Gasteiger partial charge in [0.2, 0.25) is 5.91 Å². The third kappa shape index (κ3) is 4.30.